The molecule has 0 radical (unpaired) electrons. The first kappa shape index (κ1) is 39.2. The second kappa shape index (κ2) is 16.2. The summed E-state index contributed by atoms with van der Waals surface area (Å²) in [6, 6.07) is -0.0744. The van der Waals surface area contributed by atoms with Crippen molar-refractivity contribution in [3.63, 3.8) is 0 Å². The fraction of sp³-hybridized carbons (Fsp3) is 0.741. The Morgan fingerprint density at radius 2 is 1.57 bits per heavy atom. The summed E-state index contributed by atoms with van der Waals surface area (Å²) in [5, 5.41) is 11.2. The molecule has 19 heteroatoms. The second-order valence-corrected chi connectivity index (χ2v) is 13.6. The molecule has 262 valence electrons. The van der Waals surface area contributed by atoms with Gasteiger partial charge in [-0.2, -0.15) is 0 Å². The summed E-state index contributed by atoms with van der Waals surface area (Å²) in [4.78, 5) is 61.5. The monoisotopic (exact) mass is 683 g/mol. The highest BCUT2D eigenvalue weighted by Gasteiger charge is 2.55. The third-order valence-corrected chi connectivity index (χ3v) is 8.03. The van der Waals surface area contributed by atoms with E-state index in [1.165, 1.54) is 34.6 Å². The fourth-order valence-electron chi connectivity index (χ4n) is 3.97. The molecule has 1 unspecified atom stereocenters. The molecule has 0 amide bonds. The average Bonchev–Trinajstić information content (AvgIpc) is 3.25. The summed E-state index contributed by atoms with van der Waals surface area (Å²) >= 11 is 0. The van der Waals surface area contributed by atoms with Crippen molar-refractivity contribution in [2.24, 2.45) is 23.5 Å². The maximum atomic E-state index is 14.6. The van der Waals surface area contributed by atoms with E-state index in [0.29, 0.717) is 4.57 Å². The number of alkyl halides is 1. The summed E-state index contributed by atoms with van der Waals surface area (Å²) in [6.07, 6.45) is -1.16. The second-order valence-electron chi connectivity index (χ2n) is 11.9. The number of nitrogens with zero attached hydrogens (tertiary/aromatic N) is 2. The molecule has 2 rings (SSSR count). The Bertz CT molecular complexity index is 1360. The lowest BCUT2D eigenvalue weighted by molar-refractivity contribution is -0.159. The Labute approximate surface area is 264 Å². The highest BCUT2D eigenvalue weighted by molar-refractivity contribution is 7.48. The van der Waals surface area contributed by atoms with Crippen LogP contribution in [-0.4, -0.2) is 76.3 Å². The number of rotatable bonds is 17. The number of ether oxygens (including phenoxy) is 4. The molecule has 0 aliphatic carbocycles. The van der Waals surface area contributed by atoms with E-state index in [1.807, 2.05) is 0 Å². The van der Waals surface area contributed by atoms with Gasteiger partial charge in [0.2, 0.25) is 13.6 Å². The van der Waals surface area contributed by atoms with Gasteiger partial charge in [-0.15, -0.1) is 0 Å². The van der Waals surface area contributed by atoms with Crippen LogP contribution in [0.15, 0.2) is 21.9 Å². The summed E-state index contributed by atoms with van der Waals surface area (Å²) in [5.74, 6) is -3.67. The van der Waals surface area contributed by atoms with Crippen molar-refractivity contribution in [3.8, 4) is 0 Å². The van der Waals surface area contributed by atoms with Crippen LogP contribution in [-0.2, 0) is 58.2 Å². The summed E-state index contributed by atoms with van der Waals surface area (Å²) in [7, 11) is -4.75. The maximum absolute atomic E-state index is 14.6. The van der Waals surface area contributed by atoms with Crippen molar-refractivity contribution in [1.82, 2.24) is 9.13 Å². The molecule has 4 atom stereocenters. The van der Waals surface area contributed by atoms with E-state index in [1.54, 1.807) is 13.8 Å². The Kier molecular flexibility index (Phi) is 13.8. The Balaban J connectivity index is 2.29. The number of aliphatic hydroxyl groups is 1. The SMILES string of the molecule is CC(C)C(=O)OCOP(=O)(OCOC(=O)C(C)C)OC[C@]1(CF)C[C@@](C)(O)[C@H](n2ccc(=O)n(COC(=O)C(N)C(C)C)c2=O)O1. The van der Waals surface area contributed by atoms with Gasteiger partial charge >= 0.3 is 31.4 Å². The van der Waals surface area contributed by atoms with Crippen LogP contribution < -0.4 is 17.0 Å². The van der Waals surface area contributed by atoms with Gasteiger partial charge in [-0.3, -0.25) is 28.3 Å². The van der Waals surface area contributed by atoms with Crippen LogP contribution in [0.4, 0.5) is 4.39 Å². The Morgan fingerprint density at radius 3 is 2.04 bits per heavy atom. The van der Waals surface area contributed by atoms with Crippen LogP contribution in [0, 0.1) is 17.8 Å². The molecule has 1 aromatic heterocycles. The smallest absolute Gasteiger partial charge is 0.442 e. The van der Waals surface area contributed by atoms with E-state index in [4.69, 9.17) is 38.3 Å². The molecule has 0 aromatic carbocycles. The molecule has 2 heterocycles. The first-order chi connectivity index (χ1) is 21.3. The lowest BCUT2D eigenvalue weighted by Gasteiger charge is -2.28. The minimum atomic E-state index is -4.75. The number of aromatic nitrogens is 2. The Morgan fingerprint density at radius 1 is 1.02 bits per heavy atom. The molecular weight excluding hydrogens is 640 g/mol. The molecule has 3 N–H and O–H groups in total. The molecule has 46 heavy (non-hydrogen) atoms. The number of hydrogen-bond donors (Lipinski definition) is 2. The standard InChI is InChI=1S/C27H43FN3O14P/c1-16(2)20(29)23(35)39-13-31-19(32)8-9-30(25(31)36)24-26(7,37)10-27(11-28,45-24)12-42-46(38,43-14-40-21(33)17(3)4)44-15-41-22(34)18(5)6/h8-9,16-18,20,24,37H,10-15,29H2,1-7H3/t20?,24-,26-,27-/m1/s1. The predicted molar refractivity (Wildman–Crippen MR) is 155 cm³/mol. The van der Waals surface area contributed by atoms with Gasteiger partial charge in [0.25, 0.3) is 5.56 Å². The molecule has 0 saturated carbocycles. The molecule has 1 aliphatic heterocycles. The van der Waals surface area contributed by atoms with Crippen LogP contribution in [0.5, 0.6) is 0 Å². The number of carbonyl (C=O) groups excluding carboxylic acids is 3. The van der Waals surface area contributed by atoms with Crippen molar-refractivity contribution in [2.75, 3.05) is 26.9 Å². The van der Waals surface area contributed by atoms with Gasteiger partial charge < -0.3 is 29.8 Å². The third kappa shape index (κ3) is 10.3. The minimum absolute atomic E-state index is 0.286. The number of phosphoric ester groups is 1. The van der Waals surface area contributed by atoms with Crippen molar-refractivity contribution < 1.29 is 61.0 Å². The van der Waals surface area contributed by atoms with Crippen LogP contribution in [0.25, 0.3) is 0 Å². The largest absolute Gasteiger partial charge is 0.480 e. The highest BCUT2D eigenvalue weighted by atomic mass is 31.2. The van der Waals surface area contributed by atoms with Crippen LogP contribution >= 0.6 is 7.82 Å². The number of nitrogens with two attached hydrogens (primary N) is 1. The minimum Gasteiger partial charge on any atom is -0.442 e. The lowest BCUT2D eigenvalue weighted by Crippen LogP contribution is -2.46. The predicted octanol–water partition coefficient (Wildman–Crippen LogP) is 1.34. The average molecular weight is 684 g/mol. The topological polar surface area (TPSA) is 223 Å². The van der Waals surface area contributed by atoms with Crippen LogP contribution in [0.1, 0.15) is 61.1 Å². The molecule has 0 bridgehead atoms. The van der Waals surface area contributed by atoms with Gasteiger partial charge in [0.15, 0.2) is 13.0 Å². The van der Waals surface area contributed by atoms with Crippen molar-refractivity contribution in [1.29, 1.82) is 0 Å². The van der Waals surface area contributed by atoms with E-state index in [9.17, 15) is 38.0 Å². The number of esters is 3. The van der Waals surface area contributed by atoms with Crippen molar-refractivity contribution in [2.45, 2.75) is 85.1 Å². The molecular formula is C27H43FN3O14P. The molecule has 1 aromatic rings. The van der Waals surface area contributed by atoms with E-state index < -0.39 is 112 Å². The quantitative estimate of drug-likeness (QED) is 0.102. The maximum Gasteiger partial charge on any atom is 0.480 e. The zero-order chi connectivity index (χ0) is 35.0. The van der Waals surface area contributed by atoms with Gasteiger partial charge in [0, 0.05) is 18.7 Å². The van der Waals surface area contributed by atoms with Gasteiger partial charge in [-0.05, 0) is 12.8 Å². The molecule has 17 nitrogen and oxygen atoms in total. The first-order valence-electron chi connectivity index (χ1n) is 14.4. The van der Waals surface area contributed by atoms with E-state index >= 15 is 0 Å². The van der Waals surface area contributed by atoms with Gasteiger partial charge in [0.1, 0.15) is 23.9 Å². The van der Waals surface area contributed by atoms with Gasteiger partial charge in [-0.25, -0.2) is 27.4 Å². The van der Waals surface area contributed by atoms with Crippen molar-refractivity contribution in [3.05, 3.63) is 33.1 Å². The molecule has 1 aliphatic rings. The highest BCUT2D eigenvalue weighted by Crippen LogP contribution is 2.52. The fourth-order valence-corrected chi connectivity index (χ4v) is 4.95. The van der Waals surface area contributed by atoms with Crippen LogP contribution in [0.3, 0.4) is 0 Å². The lowest BCUT2D eigenvalue weighted by atomic mass is 9.92. The first-order valence-corrected chi connectivity index (χ1v) is 15.8. The zero-order valence-corrected chi connectivity index (χ0v) is 27.7. The third-order valence-electron chi connectivity index (χ3n) is 6.74. The molecule has 0 spiro atoms. The normalized spacial score (nSPS) is 22.3. The van der Waals surface area contributed by atoms with Gasteiger partial charge in [0.05, 0.1) is 18.4 Å². The summed E-state index contributed by atoms with van der Waals surface area (Å²) in [6.45, 7) is 5.88. The van der Waals surface area contributed by atoms with E-state index in [-0.39, 0.29) is 5.92 Å². The number of phosphoric acid groups is 1. The number of halogens is 1. The molecule has 1 fully saturated rings. The molecule has 1 saturated heterocycles. The number of hydrogen-bond acceptors (Lipinski definition) is 15. The zero-order valence-electron chi connectivity index (χ0n) is 26.8. The van der Waals surface area contributed by atoms with E-state index in [2.05, 4.69) is 0 Å². The van der Waals surface area contributed by atoms with Crippen molar-refractivity contribution >= 4 is 25.7 Å². The summed E-state index contributed by atoms with van der Waals surface area (Å²) in [5.41, 5.74) is -0.220. The summed E-state index contributed by atoms with van der Waals surface area (Å²) < 4.78 is 65.1. The Hall–Kier alpha value is -2.99. The van der Waals surface area contributed by atoms with Gasteiger partial charge in [-0.1, -0.05) is 41.5 Å². The van der Waals surface area contributed by atoms with Crippen LogP contribution in [0.2, 0.25) is 0 Å². The number of carbonyl (C=O) groups is 3. The van der Waals surface area contributed by atoms with E-state index in [0.717, 1.165) is 16.8 Å².